The fourth-order valence-corrected chi connectivity index (χ4v) is 2.94. The average molecular weight is 300 g/mol. The lowest BCUT2D eigenvalue weighted by Crippen LogP contribution is -1.98. The van der Waals surface area contributed by atoms with Crippen LogP contribution in [0.15, 0.2) is 72.8 Å². The number of cyclic esters (lactones) is 2. The number of esters is 2. The molecule has 3 aromatic carbocycles. The molecule has 0 N–H and O–H groups in total. The number of rotatable bonds is 2. The molecule has 0 amide bonds. The molecule has 0 unspecified atom stereocenters. The Labute approximate surface area is 133 Å². The van der Waals surface area contributed by atoms with Crippen LogP contribution >= 0.6 is 0 Å². The van der Waals surface area contributed by atoms with Crippen molar-refractivity contribution in [1.29, 1.82) is 0 Å². The van der Waals surface area contributed by atoms with Crippen LogP contribution in [0.4, 0.5) is 0 Å². The molecule has 0 atom stereocenters. The minimum absolute atomic E-state index is 0.329. The zero-order chi connectivity index (χ0) is 15.8. The van der Waals surface area contributed by atoms with Gasteiger partial charge in [0.25, 0.3) is 0 Å². The summed E-state index contributed by atoms with van der Waals surface area (Å²) < 4.78 is 4.76. The zero-order valence-electron chi connectivity index (χ0n) is 12.2. The number of carbonyl (C=O) groups excluding carboxylic acids is 2. The summed E-state index contributed by atoms with van der Waals surface area (Å²) in [5, 5.41) is 0. The molecular weight excluding hydrogens is 288 g/mol. The van der Waals surface area contributed by atoms with Crippen molar-refractivity contribution in [1.82, 2.24) is 0 Å². The second-order valence-corrected chi connectivity index (χ2v) is 5.32. The van der Waals surface area contributed by atoms with E-state index in [2.05, 4.69) is 0 Å². The predicted octanol–water partition coefficient (Wildman–Crippen LogP) is 4.33. The van der Waals surface area contributed by atoms with Crippen molar-refractivity contribution < 1.29 is 14.3 Å². The second kappa shape index (κ2) is 5.21. The molecule has 23 heavy (non-hydrogen) atoms. The molecule has 0 bridgehead atoms. The van der Waals surface area contributed by atoms with E-state index >= 15 is 0 Å². The number of hydrogen-bond donors (Lipinski definition) is 0. The summed E-state index contributed by atoms with van der Waals surface area (Å²) in [6.45, 7) is 0. The first kappa shape index (κ1) is 13.5. The minimum Gasteiger partial charge on any atom is -0.386 e. The number of hydrogen-bond acceptors (Lipinski definition) is 3. The Morgan fingerprint density at radius 1 is 0.522 bits per heavy atom. The average Bonchev–Trinajstić information content (AvgIpc) is 2.90. The fraction of sp³-hybridized carbons (Fsp3) is 0. The first-order valence-electron chi connectivity index (χ1n) is 7.30. The van der Waals surface area contributed by atoms with E-state index < -0.39 is 11.9 Å². The van der Waals surface area contributed by atoms with Gasteiger partial charge in [0.15, 0.2) is 0 Å². The molecule has 3 nitrogen and oxygen atoms in total. The van der Waals surface area contributed by atoms with Gasteiger partial charge in [-0.15, -0.1) is 0 Å². The van der Waals surface area contributed by atoms with Crippen molar-refractivity contribution >= 4 is 11.9 Å². The molecular formula is C20H12O3. The lowest BCUT2D eigenvalue weighted by Gasteiger charge is -2.12. The SMILES string of the molecule is O=C1OC(=O)c2c1cccc2-c1ccccc1-c1ccccc1. The summed E-state index contributed by atoms with van der Waals surface area (Å²) in [5.41, 5.74) is 4.36. The van der Waals surface area contributed by atoms with Crippen molar-refractivity contribution in [2.75, 3.05) is 0 Å². The van der Waals surface area contributed by atoms with Gasteiger partial charge in [0.2, 0.25) is 0 Å². The van der Waals surface area contributed by atoms with Crippen molar-refractivity contribution in [2.24, 2.45) is 0 Å². The molecule has 3 heteroatoms. The molecule has 3 aromatic rings. The highest BCUT2D eigenvalue weighted by Gasteiger charge is 2.32. The predicted molar refractivity (Wildman–Crippen MR) is 87.1 cm³/mol. The van der Waals surface area contributed by atoms with Gasteiger partial charge in [-0.25, -0.2) is 9.59 Å². The lowest BCUT2D eigenvalue weighted by molar-refractivity contribution is 0.0444. The number of ether oxygens (including phenoxy) is 1. The van der Waals surface area contributed by atoms with E-state index in [1.54, 1.807) is 12.1 Å². The molecule has 0 radical (unpaired) electrons. The third kappa shape index (κ3) is 2.14. The Bertz CT molecular complexity index is 927. The molecule has 0 aliphatic carbocycles. The third-order valence-corrected chi connectivity index (χ3v) is 3.98. The van der Waals surface area contributed by atoms with Gasteiger partial charge in [-0.1, -0.05) is 66.7 Å². The molecule has 1 aliphatic rings. The van der Waals surface area contributed by atoms with E-state index in [1.165, 1.54) is 0 Å². The van der Waals surface area contributed by atoms with Crippen molar-refractivity contribution in [3.8, 4) is 22.3 Å². The largest absolute Gasteiger partial charge is 0.386 e. The second-order valence-electron chi connectivity index (χ2n) is 5.32. The van der Waals surface area contributed by atoms with Crippen molar-refractivity contribution in [3.63, 3.8) is 0 Å². The molecule has 0 spiro atoms. The van der Waals surface area contributed by atoms with Gasteiger partial charge < -0.3 is 4.74 Å². The Morgan fingerprint density at radius 3 is 1.91 bits per heavy atom. The van der Waals surface area contributed by atoms with E-state index in [9.17, 15) is 9.59 Å². The summed E-state index contributed by atoms with van der Waals surface area (Å²) >= 11 is 0. The molecule has 4 rings (SSSR count). The van der Waals surface area contributed by atoms with Crippen molar-refractivity contribution in [2.45, 2.75) is 0 Å². The van der Waals surface area contributed by atoms with E-state index in [4.69, 9.17) is 4.74 Å². The highest BCUT2D eigenvalue weighted by molar-refractivity contribution is 6.18. The topological polar surface area (TPSA) is 43.4 Å². The first-order chi connectivity index (χ1) is 11.3. The normalized spacial score (nSPS) is 12.9. The van der Waals surface area contributed by atoms with E-state index in [0.29, 0.717) is 11.1 Å². The summed E-state index contributed by atoms with van der Waals surface area (Å²) in [5.74, 6) is -1.16. The van der Waals surface area contributed by atoms with Crippen LogP contribution in [-0.2, 0) is 4.74 Å². The maximum atomic E-state index is 12.1. The van der Waals surface area contributed by atoms with Crippen LogP contribution in [0.3, 0.4) is 0 Å². The fourth-order valence-electron chi connectivity index (χ4n) is 2.94. The maximum absolute atomic E-state index is 12.1. The molecule has 110 valence electrons. The molecule has 1 heterocycles. The van der Waals surface area contributed by atoms with Crippen LogP contribution in [0.5, 0.6) is 0 Å². The summed E-state index contributed by atoms with van der Waals surface area (Å²) in [6, 6.07) is 23.0. The summed E-state index contributed by atoms with van der Waals surface area (Å²) in [4.78, 5) is 23.8. The number of fused-ring (bicyclic) bond motifs is 1. The van der Waals surface area contributed by atoms with E-state index in [-0.39, 0.29) is 0 Å². The molecule has 0 saturated heterocycles. The highest BCUT2D eigenvalue weighted by atomic mass is 16.6. The lowest BCUT2D eigenvalue weighted by atomic mass is 9.90. The summed E-state index contributed by atoms with van der Waals surface area (Å²) in [6.07, 6.45) is 0. The van der Waals surface area contributed by atoms with Gasteiger partial charge in [0.05, 0.1) is 11.1 Å². The van der Waals surface area contributed by atoms with E-state index in [1.807, 2.05) is 60.7 Å². The van der Waals surface area contributed by atoms with E-state index in [0.717, 1.165) is 22.3 Å². The highest BCUT2D eigenvalue weighted by Crippen LogP contribution is 2.37. The smallest absolute Gasteiger partial charge is 0.347 e. The molecule has 1 aliphatic heterocycles. The third-order valence-electron chi connectivity index (χ3n) is 3.98. The molecule has 0 aromatic heterocycles. The van der Waals surface area contributed by atoms with Gasteiger partial charge in [-0.3, -0.25) is 0 Å². The quantitative estimate of drug-likeness (QED) is 0.522. The van der Waals surface area contributed by atoms with Crippen LogP contribution in [0.1, 0.15) is 20.7 Å². The number of benzene rings is 3. The zero-order valence-corrected chi connectivity index (χ0v) is 12.2. The van der Waals surface area contributed by atoms with Crippen LogP contribution in [0, 0.1) is 0 Å². The van der Waals surface area contributed by atoms with Gasteiger partial charge in [-0.2, -0.15) is 0 Å². The Kier molecular flexibility index (Phi) is 3.05. The van der Waals surface area contributed by atoms with Crippen LogP contribution in [-0.4, -0.2) is 11.9 Å². The maximum Gasteiger partial charge on any atom is 0.347 e. The minimum atomic E-state index is -0.580. The summed E-state index contributed by atoms with van der Waals surface area (Å²) in [7, 11) is 0. The van der Waals surface area contributed by atoms with Gasteiger partial charge >= 0.3 is 11.9 Å². The molecule has 0 fully saturated rings. The number of carbonyl (C=O) groups is 2. The Hall–Kier alpha value is -3.20. The standard InChI is InChI=1S/C20H12O3/c21-19-17-12-6-11-16(18(17)20(22)23-19)15-10-5-4-9-14(15)13-7-2-1-3-8-13/h1-12H. The van der Waals surface area contributed by atoms with Crippen LogP contribution < -0.4 is 0 Å². The molecule has 0 saturated carbocycles. The van der Waals surface area contributed by atoms with Crippen LogP contribution in [0.25, 0.3) is 22.3 Å². The van der Waals surface area contributed by atoms with Crippen molar-refractivity contribution in [3.05, 3.63) is 83.9 Å². The monoisotopic (exact) mass is 300 g/mol. The Morgan fingerprint density at radius 2 is 1.13 bits per heavy atom. The Balaban J connectivity index is 1.98. The van der Waals surface area contributed by atoms with Crippen LogP contribution in [0.2, 0.25) is 0 Å². The van der Waals surface area contributed by atoms with Gasteiger partial charge in [0, 0.05) is 0 Å². The first-order valence-corrected chi connectivity index (χ1v) is 7.30. The van der Waals surface area contributed by atoms with Gasteiger partial charge in [0.1, 0.15) is 0 Å². The van der Waals surface area contributed by atoms with Gasteiger partial charge in [-0.05, 0) is 28.3 Å².